The lowest BCUT2D eigenvalue weighted by Gasteiger charge is -2.19. The summed E-state index contributed by atoms with van der Waals surface area (Å²) in [6.45, 7) is 8.60. The van der Waals surface area contributed by atoms with Crippen LogP contribution in [0.1, 0.15) is 75.7 Å². The van der Waals surface area contributed by atoms with Crippen molar-refractivity contribution in [3.63, 3.8) is 0 Å². The van der Waals surface area contributed by atoms with Crippen LogP contribution in [-0.2, 0) is 0 Å². The first-order valence-electron chi connectivity index (χ1n) is 11.3. The van der Waals surface area contributed by atoms with Crippen LogP contribution in [0.2, 0.25) is 0 Å². The highest BCUT2D eigenvalue weighted by Gasteiger charge is 2.23. The van der Waals surface area contributed by atoms with E-state index in [4.69, 9.17) is 0 Å². The van der Waals surface area contributed by atoms with Crippen LogP contribution in [0.15, 0.2) is 53.0 Å². The Hall–Kier alpha value is -2.86. The minimum Gasteiger partial charge on any atom is -0.506 e. The Morgan fingerprint density at radius 2 is 1.97 bits per heavy atom. The highest BCUT2D eigenvalue weighted by atomic mass is 16.5. The van der Waals surface area contributed by atoms with Crippen LogP contribution >= 0.6 is 0 Å². The fraction of sp³-hybridized carbons (Fsp3) is 0.462. The minimum absolute atomic E-state index is 0.223. The van der Waals surface area contributed by atoms with Crippen molar-refractivity contribution >= 4 is 11.4 Å². The van der Waals surface area contributed by atoms with Crippen molar-refractivity contribution in [1.82, 2.24) is 4.73 Å². The Morgan fingerprint density at radius 3 is 2.59 bits per heavy atom. The van der Waals surface area contributed by atoms with Crippen LogP contribution in [0.3, 0.4) is 0 Å². The van der Waals surface area contributed by atoms with Crippen molar-refractivity contribution in [2.24, 2.45) is 11.8 Å². The number of carbonyl (C=O) groups excluding carboxylic acids is 1. The molecule has 6 nitrogen and oxygen atoms in total. The van der Waals surface area contributed by atoms with E-state index in [2.05, 4.69) is 26.8 Å². The first-order valence-corrected chi connectivity index (χ1v) is 11.3. The molecule has 0 spiro atoms. The molecule has 0 radical (unpaired) electrons. The molecular formula is C26H35NO5. The average molecular weight is 442 g/mol. The zero-order valence-corrected chi connectivity index (χ0v) is 19.4. The minimum atomic E-state index is -0.976. The molecule has 2 rings (SSSR count). The Morgan fingerprint density at radius 1 is 1.28 bits per heavy atom. The summed E-state index contributed by atoms with van der Waals surface area (Å²) < 4.78 is 0.323. The molecule has 0 saturated heterocycles. The largest absolute Gasteiger partial charge is 0.506 e. The van der Waals surface area contributed by atoms with Crippen molar-refractivity contribution in [3.05, 3.63) is 69.7 Å². The summed E-state index contributed by atoms with van der Waals surface area (Å²) in [6.07, 6.45) is 14.6. The predicted octanol–water partition coefficient (Wildman–Crippen LogP) is 5.03. The summed E-state index contributed by atoms with van der Waals surface area (Å²) in [4.78, 5) is 24.9. The van der Waals surface area contributed by atoms with E-state index in [1.807, 2.05) is 13.0 Å². The zero-order chi connectivity index (χ0) is 23.8. The van der Waals surface area contributed by atoms with E-state index in [0.717, 1.165) is 24.6 Å². The van der Waals surface area contributed by atoms with E-state index in [1.54, 1.807) is 12.2 Å². The third-order valence-corrected chi connectivity index (χ3v) is 5.88. The molecule has 1 aliphatic rings. The number of pyridine rings is 1. The summed E-state index contributed by atoms with van der Waals surface area (Å²) in [5.41, 5.74) is 0.528. The van der Waals surface area contributed by atoms with Crippen molar-refractivity contribution in [1.29, 1.82) is 0 Å². The van der Waals surface area contributed by atoms with Gasteiger partial charge in [-0.15, -0.1) is 0 Å². The van der Waals surface area contributed by atoms with Gasteiger partial charge in [-0.2, -0.15) is 4.73 Å². The van der Waals surface area contributed by atoms with Crippen molar-refractivity contribution in [2.45, 2.75) is 65.9 Å². The Labute approximate surface area is 189 Å². The smallest absolute Gasteiger partial charge is 0.297 e. The summed E-state index contributed by atoms with van der Waals surface area (Å²) in [5.74, 6) is -0.0105. The quantitative estimate of drug-likeness (QED) is 0.216. The second-order valence-corrected chi connectivity index (χ2v) is 8.79. The van der Waals surface area contributed by atoms with E-state index in [-0.39, 0.29) is 5.56 Å². The summed E-state index contributed by atoms with van der Waals surface area (Å²) in [5, 5.41) is 30.2. The van der Waals surface area contributed by atoms with Gasteiger partial charge in [-0.3, -0.25) is 9.59 Å². The molecule has 174 valence electrons. The van der Waals surface area contributed by atoms with Gasteiger partial charge in [0.05, 0.1) is 12.3 Å². The van der Waals surface area contributed by atoms with Crippen molar-refractivity contribution in [2.75, 3.05) is 0 Å². The van der Waals surface area contributed by atoms with E-state index in [0.29, 0.717) is 41.4 Å². The molecule has 0 amide bonds. The fourth-order valence-corrected chi connectivity index (χ4v) is 3.92. The van der Waals surface area contributed by atoms with Crippen LogP contribution in [0.25, 0.3) is 5.57 Å². The molecule has 0 saturated carbocycles. The van der Waals surface area contributed by atoms with Gasteiger partial charge in [0.25, 0.3) is 5.56 Å². The molecule has 6 heteroatoms. The van der Waals surface area contributed by atoms with Gasteiger partial charge in [0, 0.05) is 5.56 Å². The zero-order valence-electron chi connectivity index (χ0n) is 19.4. The van der Waals surface area contributed by atoms with Crippen molar-refractivity contribution in [3.8, 4) is 5.75 Å². The number of hydrogen-bond acceptors (Lipinski definition) is 5. The van der Waals surface area contributed by atoms with Crippen molar-refractivity contribution < 1.29 is 20.2 Å². The number of rotatable bonds is 9. The highest BCUT2D eigenvalue weighted by molar-refractivity contribution is 6.07. The molecule has 0 unspecified atom stereocenters. The standard InChI is InChI=1S/C26H35NO5/c1-5-17(2)14-19(4)15-18(3)8-6-7-9-23(29)24-25(30)22(16-27(32)26(24)31)20-10-12-21(28)13-11-20/h6-10,15-17,19,21,28,30,32H,5,11-14H2,1-4H3/b8-6+,9-7+,18-15+/t17-,19-,21-/m1/s1. The number of carbonyl (C=O) groups is 1. The summed E-state index contributed by atoms with van der Waals surface area (Å²) in [7, 11) is 0. The number of nitrogens with zero attached hydrogens (tertiary/aromatic N) is 1. The van der Waals surface area contributed by atoms with Gasteiger partial charge in [0.1, 0.15) is 11.3 Å². The molecule has 0 bridgehead atoms. The van der Waals surface area contributed by atoms with Crippen LogP contribution in [-0.4, -0.2) is 32.0 Å². The van der Waals surface area contributed by atoms with E-state index >= 15 is 0 Å². The lowest BCUT2D eigenvalue weighted by molar-refractivity contribution is 0.103. The molecule has 0 aliphatic heterocycles. The van der Waals surface area contributed by atoms with Gasteiger partial charge in [-0.05, 0) is 56.1 Å². The molecule has 0 fully saturated rings. The van der Waals surface area contributed by atoms with Crippen LogP contribution in [0.5, 0.6) is 5.75 Å². The maximum atomic E-state index is 12.6. The van der Waals surface area contributed by atoms with Crippen LogP contribution < -0.4 is 5.56 Å². The number of aliphatic hydroxyl groups excluding tert-OH is 1. The number of allylic oxidation sites excluding steroid dienone is 7. The fourth-order valence-electron chi connectivity index (χ4n) is 3.92. The number of ketones is 1. The lowest BCUT2D eigenvalue weighted by atomic mass is 9.91. The Bertz CT molecular complexity index is 996. The third-order valence-electron chi connectivity index (χ3n) is 5.88. The van der Waals surface area contributed by atoms with Gasteiger partial charge in [0.15, 0.2) is 5.78 Å². The summed E-state index contributed by atoms with van der Waals surface area (Å²) >= 11 is 0. The van der Waals surface area contributed by atoms with E-state index in [1.165, 1.54) is 12.2 Å². The van der Waals surface area contributed by atoms with E-state index < -0.39 is 28.8 Å². The maximum Gasteiger partial charge on any atom is 0.297 e. The van der Waals surface area contributed by atoms with Gasteiger partial charge < -0.3 is 15.4 Å². The van der Waals surface area contributed by atoms with Gasteiger partial charge >= 0.3 is 0 Å². The lowest BCUT2D eigenvalue weighted by Crippen LogP contribution is -2.25. The Balaban J connectivity index is 2.18. The van der Waals surface area contributed by atoms with Crippen LogP contribution in [0, 0.1) is 11.8 Å². The number of aliphatic hydroxyl groups is 1. The topological polar surface area (TPSA) is 99.8 Å². The monoisotopic (exact) mass is 441 g/mol. The molecule has 1 aromatic heterocycles. The second kappa shape index (κ2) is 11.7. The molecule has 3 N–H and O–H groups in total. The predicted molar refractivity (Wildman–Crippen MR) is 127 cm³/mol. The summed E-state index contributed by atoms with van der Waals surface area (Å²) in [6, 6.07) is 0. The van der Waals surface area contributed by atoms with E-state index in [9.17, 15) is 25.0 Å². The number of aromatic hydroxyl groups is 1. The second-order valence-electron chi connectivity index (χ2n) is 8.79. The number of hydrogen-bond donors (Lipinski definition) is 3. The average Bonchev–Trinajstić information content (AvgIpc) is 2.74. The maximum absolute atomic E-state index is 12.6. The first kappa shape index (κ1) is 25.4. The van der Waals surface area contributed by atoms with Gasteiger partial charge in [-0.25, -0.2) is 0 Å². The van der Waals surface area contributed by atoms with Gasteiger partial charge in [-0.1, -0.05) is 63.1 Å². The molecule has 1 aromatic rings. The molecule has 3 atom stereocenters. The molecule has 1 heterocycles. The first-order chi connectivity index (χ1) is 15.1. The molecule has 32 heavy (non-hydrogen) atoms. The Kier molecular flexibility index (Phi) is 9.27. The molecule has 1 aliphatic carbocycles. The highest BCUT2D eigenvalue weighted by Crippen LogP contribution is 2.33. The third kappa shape index (κ3) is 6.82. The number of aromatic nitrogens is 1. The SMILES string of the molecule is CC[C@@H](C)C[C@@H](C)/C=C(C)/C=C/C=C/C(=O)c1c(O)c(C2=CC[C@@H](O)CC2)cn(O)c1=O. The molecule has 0 aromatic carbocycles. The van der Waals surface area contributed by atoms with Crippen LogP contribution in [0.4, 0.5) is 0 Å². The van der Waals surface area contributed by atoms with Gasteiger partial charge in [0.2, 0.25) is 0 Å². The molecular weight excluding hydrogens is 406 g/mol. The normalized spacial score (nSPS) is 19.3.